The molecule has 156 valence electrons. The van der Waals surface area contributed by atoms with E-state index in [1.165, 1.54) is 19.2 Å². The van der Waals surface area contributed by atoms with Crippen LogP contribution < -0.4 is 15.4 Å². The zero-order chi connectivity index (χ0) is 21.3. The molecule has 0 atom stereocenters. The largest absolute Gasteiger partial charge is 0.337 e. The molecule has 0 aromatic heterocycles. The molecular formula is C20H26N4O4S. The van der Waals surface area contributed by atoms with E-state index >= 15 is 0 Å². The molecule has 9 heteroatoms. The van der Waals surface area contributed by atoms with Crippen molar-refractivity contribution < 1.29 is 18.0 Å². The fraction of sp³-hybridized carbons (Fsp3) is 0.300. The lowest BCUT2D eigenvalue weighted by molar-refractivity contribution is -0.130. The van der Waals surface area contributed by atoms with Gasteiger partial charge in [0.15, 0.2) is 0 Å². The van der Waals surface area contributed by atoms with E-state index in [-0.39, 0.29) is 23.9 Å². The van der Waals surface area contributed by atoms with Gasteiger partial charge in [-0.25, -0.2) is 17.9 Å². The van der Waals surface area contributed by atoms with E-state index in [0.717, 1.165) is 5.56 Å². The summed E-state index contributed by atoms with van der Waals surface area (Å²) in [7, 11) is -2.21. The second-order valence-corrected chi connectivity index (χ2v) is 8.17. The number of hydrogen-bond acceptors (Lipinski definition) is 4. The number of sulfonamides is 1. The molecule has 0 heterocycles. The molecule has 0 saturated heterocycles. The molecule has 0 saturated carbocycles. The summed E-state index contributed by atoms with van der Waals surface area (Å²) in [6, 6.07) is 15.4. The molecule has 3 N–H and O–H groups in total. The molecule has 0 aliphatic heterocycles. The predicted molar refractivity (Wildman–Crippen MR) is 110 cm³/mol. The molecule has 2 aromatic rings. The highest BCUT2D eigenvalue weighted by Gasteiger charge is 2.14. The average Bonchev–Trinajstić information content (AvgIpc) is 2.75. The minimum atomic E-state index is -3.55. The van der Waals surface area contributed by atoms with Gasteiger partial charge < -0.3 is 15.5 Å². The van der Waals surface area contributed by atoms with Gasteiger partial charge in [-0.3, -0.25) is 4.79 Å². The summed E-state index contributed by atoms with van der Waals surface area (Å²) in [5, 5.41) is 5.16. The molecular weight excluding hydrogens is 392 g/mol. The Morgan fingerprint density at radius 2 is 1.66 bits per heavy atom. The first-order chi connectivity index (χ1) is 13.9. The average molecular weight is 419 g/mol. The van der Waals surface area contributed by atoms with Gasteiger partial charge in [-0.05, 0) is 37.2 Å². The van der Waals surface area contributed by atoms with E-state index in [9.17, 15) is 18.0 Å². The summed E-state index contributed by atoms with van der Waals surface area (Å²) >= 11 is 0. The molecule has 29 heavy (non-hydrogen) atoms. The van der Waals surface area contributed by atoms with E-state index in [2.05, 4.69) is 15.4 Å². The Balaban J connectivity index is 1.83. The summed E-state index contributed by atoms with van der Waals surface area (Å²) in [5.41, 5.74) is 1.64. The first-order valence-electron chi connectivity index (χ1n) is 9.21. The zero-order valence-corrected chi connectivity index (χ0v) is 17.3. The van der Waals surface area contributed by atoms with Crippen LogP contribution in [0.1, 0.15) is 18.1 Å². The van der Waals surface area contributed by atoms with E-state index in [4.69, 9.17) is 0 Å². The summed E-state index contributed by atoms with van der Waals surface area (Å²) in [6.45, 7) is 2.90. The van der Waals surface area contributed by atoms with Crippen LogP contribution >= 0.6 is 0 Å². The van der Waals surface area contributed by atoms with Gasteiger partial charge in [-0.1, -0.05) is 42.5 Å². The van der Waals surface area contributed by atoms with Crippen molar-refractivity contribution in [2.45, 2.75) is 24.9 Å². The van der Waals surface area contributed by atoms with Crippen LogP contribution in [-0.4, -0.2) is 45.4 Å². The predicted octanol–water partition coefficient (Wildman–Crippen LogP) is 1.44. The highest BCUT2D eigenvalue weighted by atomic mass is 32.2. The van der Waals surface area contributed by atoms with E-state index in [1.807, 2.05) is 37.3 Å². The van der Waals surface area contributed by atoms with E-state index in [1.54, 1.807) is 17.0 Å². The first-order valence-corrected chi connectivity index (χ1v) is 10.7. The van der Waals surface area contributed by atoms with Gasteiger partial charge in [-0.2, -0.15) is 0 Å². The van der Waals surface area contributed by atoms with Gasteiger partial charge in [0.2, 0.25) is 15.9 Å². The Bertz CT molecular complexity index is 933. The summed E-state index contributed by atoms with van der Waals surface area (Å²) in [4.78, 5) is 26.1. The fourth-order valence-electron chi connectivity index (χ4n) is 2.63. The van der Waals surface area contributed by atoms with Gasteiger partial charge in [0.1, 0.15) is 0 Å². The Morgan fingerprint density at radius 3 is 2.31 bits per heavy atom. The van der Waals surface area contributed by atoms with Gasteiger partial charge in [-0.15, -0.1) is 0 Å². The minimum Gasteiger partial charge on any atom is -0.337 e. The minimum absolute atomic E-state index is 0.120. The number of nitrogens with zero attached hydrogens (tertiary/aromatic N) is 1. The van der Waals surface area contributed by atoms with Crippen LogP contribution in [0, 0.1) is 0 Å². The molecule has 2 rings (SSSR count). The van der Waals surface area contributed by atoms with Gasteiger partial charge in [0.25, 0.3) is 0 Å². The van der Waals surface area contributed by atoms with Crippen molar-refractivity contribution in [3.05, 3.63) is 65.7 Å². The van der Waals surface area contributed by atoms with Crippen molar-refractivity contribution in [2.75, 3.05) is 20.1 Å². The van der Waals surface area contributed by atoms with Crippen LogP contribution in [0.25, 0.3) is 0 Å². The Hall–Kier alpha value is -2.91. The summed E-state index contributed by atoms with van der Waals surface area (Å²) in [5.74, 6) is -0.186. The second-order valence-electron chi connectivity index (χ2n) is 6.28. The molecule has 0 aliphatic carbocycles. The molecule has 2 aromatic carbocycles. The molecule has 8 nitrogen and oxygen atoms in total. The highest BCUT2D eigenvalue weighted by Crippen LogP contribution is 2.11. The third-order valence-corrected chi connectivity index (χ3v) is 5.69. The van der Waals surface area contributed by atoms with Crippen LogP contribution in [0.4, 0.5) is 4.79 Å². The number of likely N-dealkylation sites (N-methyl/N-ethyl adjacent to an activating group) is 1. The molecule has 0 aliphatic rings. The maximum Gasteiger partial charge on any atom is 0.315 e. The molecule has 0 fully saturated rings. The highest BCUT2D eigenvalue weighted by molar-refractivity contribution is 7.89. The zero-order valence-electron chi connectivity index (χ0n) is 16.5. The number of nitrogens with one attached hydrogen (secondary N) is 3. The van der Waals surface area contributed by atoms with Crippen LogP contribution in [0.5, 0.6) is 0 Å². The standard InChI is InChI=1S/C20H26N4O4S/c1-3-24(15-16-8-5-4-6-9-16)19(25)14-23-20(26)22-13-17-10-7-11-18(12-17)29(27,28)21-2/h4-12,21H,3,13-15H2,1-2H3,(H2,22,23,26). The Kier molecular flexibility index (Phi) is 8.17. The molecule has 0 bridgehead atoms. The normalized spacial score (nSPS) is 11.0. The van der Waals surface area contributed by atoms with Crippen molar-refractivity contribution in [1.82, 2.24) is 20.3 Å². The fourth-order valence-corrected chi connectivity index (χ4v) is 3.43. The number of urea groups is 1. The van der Waals surface area contributed by atoms with Crippen LogP contribution in [-0.2, 0) is 27.9 Å². The lowest BCUT2D eigenvalue weighted by Crippen LogP contribution is -2.43. The smallest absolute Gasteiger partial charge is 0.315 e. The Labute approximate surface area is 171 Å². The number of carbonyl (C=O) groups is 2. The number of rotatable bonds is 9. The molecule has 0 unspecified atom stereocenters. The number of benzene rings is 2. The quantitative estimate of drug-likeness (QED) is 0.573. The lowest BCUT2D eigenvalue weighted by atomic mass is 10.2. The maximum atomic E-state index is 12.4. The number of amides is 3. The third-order valence-electron chi connectivity index (χ3n) is 4.28. The van der Waals surface area contributed by atoms with E-state index < -0.39 is 16.1 Å². The Morgan fingerprint density at radius 1 is 0.966 bits per heavy atom. The number of hydrogen-bond donors (Lipinski definition) is 3. The first kappa shape index (κ1) is 22.4. The summed E-state index contributed by atoms with van der Waals surface area (Å²) < 4.78 is 25.9. The van der Waals surface area contributed by atoms with Crippen molar-refractivity contribution in [1.29, 1.82) is 0 Å². The third kappa shape index (κ3) is 6.88. The molecule has 3 amide bonds. The van der Waals surface area contributed by atoms with Crippen molar-refractivity contribution in [3.63, 3.8) is 0 Å². The SMILES string of the molecule is CCN(Cc1ccccc1)C(=O)CNC(=O)NCc1cccc(S(=O)(=O)NC)c1. The summed E-state index contributed by atoms with van der Waals surface area (Å²) in [6.07, 6.45) is 0. The van der Waals surface area contributed by atoms with Crippen molar-refractivity contribution in [3.8, 4) is 0 Å². The van der Waals surface area contributed by atoms with Gasteiger partial charge in [0, 0.05) is 19.6 Å². The van der Waals surface area contributed by atoms with Crippen molar-refractivity contribution >= 4 is 22.0 Å². The van der Waals surface area contributed by atoms with Gasteiger partial charge in [0.05, 0.1) is 11.4 Å². The lowest BCUT2D eigenvalue weighted by Gasteiger charge is -2.21. The van der Waals surface area contributed by atoms with Crippen LogP contribution in [0.15, 0.2) is 59.5 Å². The molecule has 0 spiro atoms. The number of carbonyl (C=O) groups excluding carboxylic acids is 2. The van der Waals surface area contributed by atoms with Crippen molar-refractivity contribution in [2.24, 2.45) is 0 Å². The topological polar surface area (TPSA) is 108 Å². The maximum absolute atomic E-state index is 12.4. The second kappa shape index (κ2) is 10.6. The molecule has 0 radical (unpaired) electrons. The van der Waals surface area contributed by atoms with E-state index in [0.29, 0.717) is 18.7 Å². The van der Waals surface area contributed by atoms with Gasteiger partial charge >= 0.3 is 6.03 Å². The van der Waals surface area contributed by atoms with Crippen LogP contribution in [0.3, 0.4) is 0 Å². The van der Waals surface area contributed by atoms with Crippen LogP contribution in [0.2, 0.25) is 0 Å². The monoisotopic (exact) mass is 418 g/mol.